The fraction of sp³-hybridized carbons (Fsp3) is 0.133. The molecule has 17 heavy (non-hydrogen) atoms. The Morgan fingerprint density at radius 2 is 2.00 bits per heavy atom. The third-order valence-corrected chi connectivity index (χ3v) is 3.16. The Bertz CT molecular complexity index is 653. The summed E-state index contributed by atoms with van der Waals surface area (Å²) < 4.78 is 2.22. The van der Waals surface area contributed by atoms with Crippen molar-refractivity contribution in [2.75, 3.05) is 0 Å². The molecule has 1 N–H and O–H groups in total. The standard InChI is InChI=1S/C15H14N2/c1-12-4-2-3-5-13(12)10-17-9-7-15-14(11-17)6-8-16-15/h2-9,11H,10H2,1H3/p+1. The molecule has 0 aliphatic heterocycles. The molecule has 0 amide bonds. The Morgan fingerprint density at radius 3 is 2.88 bits per heavy atom. The zero-order valence-corrected chi connectivity index (χ0v) is 9.85. The molecule has 2 nitrogen and oxygen atoms in total. The number of aromatic amines is 1. The number of aryl methyl sites for hydroxylation is 1. The Morgan fingerprint density at radius 1 is 1.12 bits per heavy atom. The molecular weight excluding hydrogens is 208 g/mol. The molecule has 3 aromatic rings. The van der Waals surface area contributed by atoms with Gasteiger partial charge in [0.2, 0.25) is 0 Å². The van der Waals surface area contributed by atoms with E-state index in [2.05, 4.69) is 65.3 Å². The lowest BCUT2D eigenvalue weighted by molar-refractivity contribution is -0.687. The van der Waals surface area contributed by atoms with Gasteiger partial charge in [-0.15, -0.1) is 0 Å². The maximum absolute atomic E-state index is 3.21. The van der Waals surface area contributed by atoms with Crippen LogP contribution in [0, 0.1) is 6.92 Å². The van der Waals surface area contributed by atoms with Crippen LogP contribution in [0.15, 0.2) is 55.0 Å². The summed E-state index contributed by atoms with van der Waals surface area (Å²) >= 11 is 0. The first-order chi connectivity index (χ1) is 8.33. The van der Waals surface area contributed by atoms with Gasteiger partial charge in [0.1, 0.15) is 0 Å². The van der Waals surface area contributed by atoms with Crippen molar-refractivity contribution in [3.63, 3.8) is 0 Å². The lowest BCUT2D eigenvalue weighted by atomic mass is 10.1. The molecule has 0 spiro atoms. The van der Waals surface area contributed by atoms with Crippen molar-refractivity contribution in [2.45, 2.75) is 13.5 Å². The Labute approximate surface area is 101 Å². The molecule has 0 unspecified atom stereocenters. The molecule has 0 fully saturated rings. The van der Waals surface area contributed by atoms with Crippen LogP contribution in [-0.4, -0.2) is 4.98 Å². The normalized spacial score (nSPS) is 10.9. The van der Waals surface area contributed by atoms with E-state index in [1.54, 1.807) is 0 Å². The highest BCUT2D eigenvalue weighted by Crippen LogP contribution is 2.09. The summed E-state index contributed by atoms with van der Waals surface area (Å²) in [5.74, 6) is 0. The van der Waals surface area contributed by atoms with E-state index in [9.17, 15) is 0 Å². The van der Waals surface area contributed by atoms with Crippen molar-refractivity contribution >= 4 is 10.9 Å². The number of rotatable bonds is 2. The molecule has 0 saturated heterocycles. The molecule has 2 heterocycles. The van der Waals surface area contributed by atoms with Gasteiger partial charge in [-0.2, -0.15) is 0 Å². The average molecular weight is 223 g/mol. The molecule has 0 atom stereocenters. The predicted octanol–water partition coefficient (Wildman–Crippen LogP) is 2.81. The second-order valence-electron chi connectivity index (χ2n) is 4.39. The van der Waals surface area contributed by atoms with Gasteiger partial charge in [0, 0.05) is 17.8 Å². The van der Waals surface area contributed by atoms with Crippen LogP contribution in [0.2, 0.25) is 0 Å². The van der Waals surface area contributed by atoms with Gasteiger partial charge >= 0.3 is 0 Å². The van der Waals surface area contributed by atoms with Crippen LogP contribution < -0.4 is 4.57 Å². The largest absolute Gasteiger partial charge is 0.361 e. The topological polar surface area (TPSA) is 19.7 Å². The molecule has 0 aliphatic carbocycles. The minimum absolute atomic E-state index is 0.924. The van der Waals surface area contributed by atoms with Crippen LogP contribution >= 0.6 is 0 Å². The number of H-pyrrole nitrogens is 1. The predicted molar refractivity (Wildman–Crippen MR) is 68.8 cm³/mol. The Hall–Kier alpha value is -2.09. The second-order valence-corrected chi connectivity index (χ2v) is 4.39. The number of benzene rings is 1. The summed E-state index contributed by atoms with van der Waals surface area (Å²) in [5, 5.41) is 1.25. The maximum atomic E-state index is 3.21. The number of aromatic nitrogens is 2. The van der Waals surface area contributed by atoms with Gasteiger partial charge in [-0.3, -0.25) is 0 Å². The van der Waals surface area contributed by atoms with Crippen LogP contribution in [0.3, 0.4) is 0 Å². The minimum atomic E-state index is 0.924. The maximum Gasteiger partial charge on any atom is 0.178 e. The van der Waals surface area contributed by atoms with Gasteiger partial charge in [-0.1, -0.05) is 24.3 Å². The average Bonchev–Trinajstić information content (AvgIpc) is 2.79. The van der Waals surface area contributed by atoms with Crippen molar-refractivity contribution in [1.82, 2.24) is 4.98 Å². The van der Waals surface area contributed by atoms with E-state index in [0.717, 1.165) is 6.54 Å². The molecule has 0 saturated carbocycles. The molecule has 0 aliphatic rings. The van der Waals surface area contributed by atoms with Crippen LogP contribution in [0.5, 0.6) is 0 Å². The third-order valence-electron chi connectivity index (χ3n) is 3.16. The highest BCUT2D eigenvalue weighted by atomic mass is 14.9. The van der Waals surface area contributed by atoms with E-state index >= 15 is 0 Å². The van der Waals surface area contributed by atoms with Gasteiger partial charge in [-0.05, 0) is 18.6 Å². The monoisotopic (exact) mass is 223 g/mol. The van der Waals surface area contributed by atoms with Crippen LogP contribution in [0.25, 0.3) is 10.9 Å². The summed E-state index contributed by atoms with van der Waals surface area (Å²) in [6, 6.07) is 12.7. The first-order valence-corrected chi connectivity index (χ1v) is 5.83. The fourth-order valence-corrected chi connectivity index (χ4v) is 2.13. The molecule has 84 valence electrons. The summed E-state index contributed by atoms with van der Waals surface area (Å²) in [5.41, 5.74) is 3.90. The minimum Gasteiger partial charge on any atom is -0.361 e. The first kappa shape index (κ1) is 10.1. The van der Waals surface area contributed by atoms with Crippen molar-refractivity contribution in [2.24, 2.45) is 0 Å². The van der Waals surface area contributed by atoms with Gasteiger partial charge < -0.3 is 4.98 Å². The van der Waals surface area contributed by atoms with E-state index in [-0.39, 0.29) is 0 Å². The van der Waals surface area contributed by atoms with Crippen molar-refractivity contribution < 1.29 is 4.57 Å². The smallest absolute Gasteiger partial charge is 0.178 e. The van der Waals surface area contributed by atoms with Crippen molar-refractivity contribution in [1.29, 1.82) is 0 Å². The third kappa shape index (κ3) is 1.94. The number of hydrogen-bond acceptors (Lipinski definition) is 0. The number of fused-ring (bicyclic) bond motifs is 1. The van der Waals surface area contributed by atoms with E-state index in [4.69, 9.17) is 0 Å². The molecule has 1 aromatic carbocycles. The molecule has 0 radical (unpaired) electrons. The van der Waals surface area contributed by atoms with E-state index < -0.39 is 0 Å². The number of nitrogens with zero attached hydrogens (tertiary/aromatic N) is 1. The van der Waals surface area contributed by atoms with Crippen molar-refractivity contribution in [3.8, 4) is 0 Å². The molecule has 2 heteroatoms. The van der Waals surface area contributed by atoms with E-state index in [0.29, 0.717) is 0 Å². The fourth-order valence-electron chi connectivity index (χ4n) is 2.13. The Kier molecular flexibility index (Phi) is 2.41. The van der Waals surface area contributed by atoms with Gasteiger partial charge in [-0.25, -0.2) is 4.57 Å². The van der Waals surface area contributed by atoms with Crippen molar-refractivity contribution in [3.05, 3.63) is 66.1 Å². The number of pyridine rings is 1. The SMILES string of the molecule is Cc1ccccc1C[n+]1ccc2[nH]ccc2c1. The van der Waals surface area contributed by atoms with Crippen LogP contribution in [-0.2, 0) is 6.54 Å². The lowest BCUT2D eigenvalue weighted by Gasteiger charge is -2.01. The molecule has 0 bridgehead atoms. The molecule has 2 aromatic heterocycles. The highest BCUT2D eigenvalue weighted by molar-refractivity contribution is 5.76. The van der Waals surface area contributed by atoms with Gasteiger partial charge in [0.15, 0.2) is 18.9 Å². The summed E-state index contributed by atoms with van der Waals surface area (Å²) in [4.78, 5) is 3.21. The zero-order valence-electron chi connectivity index (χ0n) is 9.85. The van der Waals surface area contributed by atoms with Crippen LogP contribution in [0.4, 0.5) is 0 Å². The van der Waals surface area contributed by atoms with Gasteiger partial charge in [0.05, 0.1) is 10.9 Å². The quantitative estimate of drug-likeness (QED) is 0.645. The van der Waals surface area contributed by atoms with Crippen LogP contribution in [0.1, 0.15) is 11.1 Å². The molecular formula is C15H15N2+. The van der Waals surface area contributed by atoms with E-state index in [1.165, 1.54) is 22.0 Å². The number of nitrogens with one attached hydrogen (secondary N) is 1. The second kappa shape index (κ2) is 4.06. The highest BCUT2D eigenvalue weighted by Gasteiger charge is 2.06. The summed E-state index contributed by atoms with van der Waals surface area (Å²) in [6.07, 6.45) is 6.27. The molecule has 3 rings (SSSR count). The lowest BCUT2D eigenvalue weighted by Crippen LogP contribution is -2.33. The number of hydrogen-bond donors (Lipinski definition) is 1. The van der Waals surface area contributed by atoms with E-state index in [1.807, 2.05) is 6.20 Å². The first-order valence-electron chi connectivity index (χ1n) is 5.83. The zero-order chi connectivity index (χ0) is 11.7. The Balaban J connectivity index is 1.97. The summed E-state index contributed by atoms with van der Waals surface area (Å²) in [6.45, 7) is 3.08. The van der Waals surface area contributed by atoms with Gasteiger partial charge in [0.25, 0.3) is 0 Å². The summed E-state index contributed by atoms with van der Waals surface area (Å²) in [7, 11) is 0.